The highest BCUT2D eigenvalue weighted by Crippen LogP contribution is 2.34. The van der Waals surface area contributed by atoms with Gasteiger partial charge in [-0.2, -0.15) is 0 Å². The molecule has 28 heavy (non-hydrogen) atoms. The molecule has 9 heteroatoms. The highest BCUT2D eigenvalue weighted by Gasteiger charge is 2.49. The van der Waals surface area contributed by atoms with E-state index in [1.165, 1.54) is 24.3 Å². The van der Waals surface area contributed by atoms with Crippen LogP contribution in [0.5, 0.6) is 5.75 Å². The van der Waals surface area contributed by atoms with E-state index < -0.39 is 41.9 Å². The van der Waals surface area contributed by atoms with Crippen molar-refractivity contribution < 1.29 is 34.1 Å². The zero-order chi connectivity index (χ0) is 19.7. The summed E-state index contributed by atoms with van der Waals surface area (Å²) in [7, 11) is 0. The second-order valence-corrected chi connectivity index (χ2v) is 6.57. The van der Waals surface area contributed by atoms with Gasteiger partial charge in [-0.25, -0.2) is 0 Å². The average Bonchev–Trinajstić information content (AvgIpc) is 2.72. The summed E-state index contributed by atoms with van der Waals surface area (Å²) in [6.07, 6.45) is -5.88. The first-order valence-electron chi connectivity index (χ1n) is 8.77. The van der Waals surface area contributed by atoms with Gasteiger partial charge >= 0.3 is 0 Å². The van der Waals surface area contributed by atoms with E-state index in [1.54, 1.807) is 0 Å². The lowest BCUT2D eigenvalue weighted by molar-refractivity contribution is -0.384. The molecule has 0 bridgehead atoms. The fraction of sp³-hybridized carbons (Fsp3) is 0.368. The third-order valence-electron chi connectivity index (χ3n) is 4.70. The molecule has 2 aromatic carbocycles. The number of ether oxygens (including phenoxy) is 4. The Labute approximate surface area is 160 Å². The topological polar surface area (TPSA) is 121 Å². The van der Waals surface area contributed by atoms with E-state index in [0.29, 0.717) is 0 Å². The van der Waals surface area contributed by atoms with Crippen LogP contribution < -0.4 is 4.74 Å². The number of fused-ring (bicyclic) bond motifs is 1. The van der Waals surface area contributed by atoms with Gasteiger partial charge in [-0.05, 0) is 12.1 Å². The zero-order valence-electron chi connectivity index (χ0n) is 14.7. The Bertz CT molecular complexity index is 812. The minimum absolute atomic E-state index is 0.0846. The number of aliphatic hydroxyl groups is 2. The summed E-state index contributed by atoms with van der Waals surface area (Å²) in [6, 6.07) is 14.6. The summed E-state index contributed by atoms with van der Waals surface area (Å²) >= 11 is 0. The normalized spacial score (nSPS) is 32.4. The second kappa shape index (κ2) is 7.82. The molecule has 2 saturated heterocycles. The van der Waals surface area contributed by atoms with E-state index in [0.717, 1.165) is 5.56 Å². The minimum atomic E-state index is -1.37. The fourth-order valence-electron chi connectivity index (χ4n) is 3.23. The predicted octanol–water partition coefficient (Wildman–Crippen LogP) is 1.53. The number of aliphatic hydroxyl groups excluding tert-OH is 2. The lowest BCUT2D eigenvalue weighted by atomic mass is 9.98. The lowest BCUT2D eigenvalue weighted by Crippen LogP contribution is -2.62. The molecule has 6 atom stereocenters. The van der Waals surface area contributed by atoms with Crippen molar-refractivity contribution in [3.63, 3.8) is 0 Å². The minimum Gasteiger partial charge on any atom is -0.462 e. The first-order chi connectivity index (χ1) is 13.5. The number of benzene rings is 2. The number of nitro groups is 1. The van der Waals surface area contributed by atoms with Gasteiger partial charge in [0.15, 0.2) is 6.29 Å². The molecule has 2 aliphatic rings. The van der Waals surface area contributed by atoms with Gasteiger partial charge in [0.05, 0.1) is 11.5 Å². The molecule has 0 amide bonds. The van der Waals surface area contributed by atoms with E-state index in [2.05, 4.69) is 0 Å². The molecule has 2 heterocycles. The van der Waals surface area contributed by atoms with Crippen molar-refractivity contribution in [1.29, 1.82) is 0 Å². The summed E-state index contributed by atoms with van der Waals surface area (Å²) in [5.41, 5.74) is 0.713. The third-order valence-corrected chi connectivity index (χ3v) is 4.70. The number of non-ortho nitro benzene ring substituents is 1. The van der Waals surface area contributed by atoms with Crippen LogP contribution in [0.4, 0.5) is 5.69 Å². The number of rotatable bonds is 4. The van der Waals surface area contributed by atoms with Gasteiger partial charge in [0.1, 0.15) is 30.2 Å². The summed E-state index contributed by atoms with van der Waals surface area (Å²) < 4.78 is 22.8. The first-order valence-corrected chi connectivity index (χ1v) is 8.77. The van der Waals surface area contributed by atoms with E-state index in [-0.39, 0.29) is 18.0 Å². The van der Waals surface area contributed by atoms with Gasteiger partial charge < -0.3 is 29.2 Å². The summed E-state index contributed by atoms with van der Waals surface area (Å²) in [5, 5.41) is 31.7. The van der Waals surface area contributed by atoms with Crippen molar-refractivity contribution in [3.8, 4) is 5.75 Å². The molecule has 148 valence electrons. The molecular weight excluding hydrogens is 370 g/mol. The van der Waals surface area contributed by atoms with Crippen molar-refractivity contribution in [2.75, 3.05) is 6.61 Å². The van der Waals surface area contributed by atoms with Crippen LogP contribution in [-0.2, 0) is 14.2 Å². The first kappa shape index (κ1) is 18.8. The summed E-state index contributed by atoms with van der Waals surface area (Å²) in [6.45, 7) is 0.147. The molecule has 2 aromatic rings. The Balaban J connectivity index is 1.43. The predicted molar refractivity (Wildman–Crippen MR) is 94.4 cm³/mol. The molecular formula is C19H19NO8. The van der Waals surface area contributed by atoms with Gasteiger partial charge in [-0.1, -0.05) is 30.3 Å². The molecule has 0 aromatic heterocycles. The molecule has 2 N–H and O–H groups in total. The molecule has 0 spiro atoms. The molecule has 2 fully saturated rings. The van der Waals surface area contributed by atoms with Gasteiger partial charge in [-0.15, -0.1) is 0 Å². The second-order valence-electron chi connectivity index (χ2n) is 6.57. The zero-order valence-corrected chi connectivity index (χ0v) is 14.7. The largest absolute Gasteiger partial charge is 0.462 e. The van der Waals surface area contributed by atoms with E-state index >= 15 is 0 Å². The smallest absolute Gasteiger partial charge is 0.269 e. The number of nitro benzene ring substituents is 1. The van der Waals surface area contributed by atoms with Crippen LogP contribution in [0.15, 0.2) is 54.6 Å². The van der Waals surface area contributed by atoms with E-state index in [4.69, 9.17) is 18.9 Å². The Morgan fingerprint density at radius 3 is 2.39 bits per heavy atom. The number of hydrogen-bond donors (Lipinski definition) is 2. The van der Waals surface area contributed by atoms with Crippen molar-refractivity contribution >= 4 is 5.69 Å². The van der Waals surface area contributed by atoms with Crippen molar-refractivity contribution in [2.45, 2.75) is 37.0 Å². The summed E-state index contributed by atoms with van der Waals surface area (Å²) in [4.78, 5) is 10.2. The Morgan fingerprint density at radius 1 is 1.00 bits per heavy atom. The molecule has 0 saturated carbocycles. The monoisotopic (exact) mass is 389 g/mol. The fourth-order valence-corrected chi connectivity index (χ4v) is 3.23. The van der Waals surface area contributed by atoms with Crippen molar-refractivity contribution in [3.05, 3.63) is 70.3 Å². The quantitative estimate of drug-likeness (QED) is 0.597. The Kier molecular flexibility index (Phi) is 5.25. The van der Waals surface area contributed by atoms with Gasteiger partial charge in [-0.3, -0.25) is 10.1 Å². The van der Waals surface area contributed by atoms with Crippen LogP contribution in [-0.4, -0.2) is 52.4 Å². The SMILES string of the molecule is O=[N+]([O-])c1ccc(O[C@H]2O[C@@H]3CO[C@H](c4ccccc4)O[C@@H]3[C@H](O)[C@@H]2O)cc1. The Morgan fingerprint density at radius 2 is 1.71 bits per heavy atom. The van der Waals surface area contributed by atoms with Gasteiger partial charge in [0.25, 0.3) is 5.69 Å². The maximum atomic E-state index is 10.7. The highest BCUT2D eigenvalue weighted by atomic mass is 16.8. The van der Waals surface area contributed by atoms with Crippen LogP contribution in [0.3, 0.4) is 0 Å². The molecule has 0 aliphatic carbocycles. The van der Waals surface area contributed by atoms with Gasteiger partial charge in [0, 0.05) is 17.7 Å². The van der Waals surface area contributed by atoms with Crippen LogP contribution in [0.2, 0.25) is 0 Å². The van der Waals surface area contributed by atoms with Crippen molar-refractivity contribution in [2.24, 2.45) is 0 Å². The molecule has 0 unspecified atom stereocenters. The van der Waals surface area contributed by atoms with Crippen LogP contribution in [0.1, 0.15) is 11.9 Å². The van der Waals surface area contributed by atoms with Crippen molar-refractivity contribution in [1.82, 2.24) is 0 Å². The highest BCUT2D eigenvalue weighted by molar-refractivity contribution is 5.36. The van der Waals surface area contributed by atoms with Crippen LogP contribution in [0.25, 0.3) is 0 Å². The molecule has 9 nitrogen and oxygen atoms in total. The van der Waals surface area contributed by atoms with Crippen LogP contribution in [0, 0.1) is 10.1 Å². The molecule has 4 rings (SSSR count). The lowest BCUT2D eigenvalue weighted by Gasteiger charge is -2.46. The van der Waals surface area contributed by atoms with E-state index in [9.17, 15) is 20.3 Å². The number of nitrogens with zero attached hydrogens (tertiary/aromatic N) is 1. The molecule has 2 aliphatic heterocycles. The van der Waals surface area contributed by atoms with Gasteiger partial charge in [0.2, 0.25) is 6.29 Å². The van der Waals surface area contributed by atoms with E-state index in [1.807, 2.05) is 30.3 Å². The summed E-state index contributed by atoms with van der Waals surface area (Å²) in [5.74, 6) is 0.264. The third kappa shape index (κ3) is 3.71. The maximum Gasteiger partial charge on any atom is 0.269 e. The Hall–Kier alpha value is -2.56. The number of hydrogen-bond acceptors (Lipinski definition) is 8. The standard InChI is InChI=1S/C19H19NO8/c21-15-16(22)19(26-13-8-6-12(7-9-13)20(23)24)27-14-10-25-18(28-17(14)15)11-4-2-1-3-5-11/h1-9,14-19,21-22H,10H2/t14-,15-,16+,17+,18+,19+/m1/s1. The average molecular weight is 389 g/mol. The molecule has 0 radical (unpaired) electrons. The maximum absolute atomic E-state index is 10.7. The van der Waals surface area contributed by atoms with Crippen LogP contribution >= 0.6 is 0 Å².